The van der Waals surface area contributed by atoms with Crippen LogP contribution in [0.25, 0.3) is 0 Å². The number of aliphatic carboxylic acids is 1. The molecule has 1 atom stereocenters. The molecule has 1 aromatic rings. The maximum Gasteiger partial charge on any atom is 0.328 e. The van der Waals surface area contributed by atoms with Gasteiger partial charge in [0.2, 0.25) is 0 Å². The van der Waals surface area contributed by atoms with Crippen molar-refractivity contribution >= 4 is 5.97 Å². The number of carboxylic acids is 1. The Hall–Kier alpha value is -1.36. The molecule has 5 nitrogen and oxygen atoms in total. The highest BCUT2D eigenvalue weighted by Gasteiger charge is 2.23. The molecule has 2 N–H and O–H groups in total. The summed E-state index contributed by atoms with van der Waals surface area (Å²) in [5.74, 6) is -0.812. The van der Waals surface area contributed by atoms with Gasteiger partial charge >= 0.3 is 5.97 Å². The normalized spacial score (nSPS) is 12.7. The van der Waals surface area contributed by atoms with Crippen molar-refractivity contribution in [1.82, 2.24) is 15.1 Å². The molecule has 0 spiro atoms. The Morgan fingerprint density at radius 1 is 1.53 bits per heavy atom. The van der Waals surface area contributed by atoms with Gasteiger partial charge in [-0.3, -0.25) is 4.68 Å². The number of hydrogen-bond donors (Lipinski definition) is 2. The Morgan fingerprint density at radius 3 is 2.65 bits per heavy atom. The fraction of sp³-hybridized carbons (Fsp3) is 0.667. The summed E-state index contributed by atoms with van der Waals surface area (Å²) in [5, 5.41) is 16.7. The van der Waals surface area contributed by atoms with Gasteiger partial charge in [0, 0.05) is 17.8 Å². The SMILES string of the molecule is CCCC(C(=O)O)n1nc(C)c(CNC)c1C. The third kappa shape index (κ3) is 2.85. The largest absolute Gasteiger partial charge is 0.480 e. The molecular weight excluding hydrogens is 218 g/mol. The average Bonchev–Trinajstić information content (AvgIpc) is 2.54. The van der Waals surface area contributed by atoms with Crippen molar-refractivity contribution in [2.45, 2.75) is 46.2 Å². The van der Waals surface area contributed by atoms with Gasteiger partial charge in [0.15, 0.2) is 0 Å². The lowest BCUT2D eigenvalue weighted by atomic mass is 10.1. The van der Waals surface area contributed by atoms with E-state index >= 15 is 0 Å². The van der Waals surface area contributed by atoms with Crippen LogP contribution in [0, 0.1) is 13.8 Å². The van der Waals surface area contributed by atoms with E-state index in [0.717, 1.165) is 29.9 Å². The Balaban J connectivity index is 3.11. The molecule has 5 heteroatoms. The zero-order chi connectivity index (χ0) is 13.0. The van der Waals surface area contributed by atoms with Crippen LogP contribution in [0.1, 0.15) is 42.8 Å². The molecule has 1 rings (SSSR count). The predicted molar refractivity (Wildman–Crippen MR) is 66.0 cm³/mol. The minimum Gasteiger partial charge on any atom is -0.480 e. The van der Waals surface area contributed by atoms with Crippen LogP contribution in [0.15, 0.2) is 0 Å². The second-order valence-corrected chi connectivity index (χ2v) is 4.27. The topological polar surface area (TPSA) is 67.1 Å². The summed E-state index contributed by atoms with van der Waals surface area (Å²) < 4.78 is 1.65. The molecule has 17 heavy (non-hydrogen) atoms. The molecule has 1 aromatic heterocycles. The molecule has 0 saturated heterocycles. The zero-order valence-corrected chi connectivity index (χ0v) is 10.9. The van der Waals surface area contributed by atoms with Crippen molar-refractivity contribution < 1.29 is 9.90 Å². The predicted octanol–water partition coefficient (Wildman–Crippen LogP) is 1.65. The van der Waals surface area contributed by atoms with E-state index in [4.69, 9.17) is 0 Å². The molecule has 0 fully saturated rings. The summed E-state index contributed by atoms with van der Waals surface area (Å²) >= 11 is 0. The van der Waals surface area contributed by atoms with Gasteiger partial charge in [-0.15, -0.1) is 0 Å². The van der Waals surface area contributed by atoms with Crippen molar-refractivity contribution in [3.63, 3.8) is 0 Å². The fourth-order valence-corrected chi connectivity index (χ4v) is 2.06. The lowest BCUT2D eigenvalue weighted by Crippen LogP contribution is -2.21. The van der Waals surface area contributed by atoms with Crippen LogP contribution in [0.4, 0.5) is 0 Å². The Bertz CT molecular complexity index is 399. The molecule has 0 radical (unpaired) electrons. The van der Waals surface area contributed by atoms with Gasteiger partial charge in [-0.05, 0) is 27.3 Å². The molecule has 96 valence electrons. The fourth-order valence-electron chi connectivity index (χ4n) is 2.06. The summed E-state index contributed by atoms with van der Waals surface area (Å²) in [4.78, 5) is 11.2. The highest BCUT2D eigenvalue weighted by Crippen LogP contribution is 2.21. The summed E-state index contributed by atoms with van der Waals surface area (Å²) in [5.41, 5.74) is 2.94. The first kappa shape index (κ1) is 13.7. The number of aryl methyl sites for hydroxylation is 1. The third-order valence-corrected chi connectivity index (χ3v) is 2.97. The molecule has 0 bridgehead atoms. The third-order valence-electron chi connectivity index (χ3n) is 2.97. The average molecular weight is 239 g/mol. The van der Waals surface area contributed by atoms with Crippen molar-refractivity contribution in [2.24, 2.45) is 0 Å². The number of rotatable bonds is 6. The van der Waals surface area contributed by atoms with E-state index in [1.807, 2.05) is 27.8 Å². The van der Waals surface area contributed by atoms with Gasteiger partial charge in [0.05, 0.1) is 5.69 Å². The molecule has 0 aliphatic heterocycles. The maximum atomic E-state index is 11.2. The van der Waals surface area contributed by atoms with Gasteiger partial charge in [0.1, 0.15) is 6.04 Å². The van der Waals surface area contributed by atoms with Gasteiger partial charge in [-0.25, -0.2) is 4.79 Å². The lowest BCUT2D eigenvalue weighted by molar-refractivity contribution is -0.141. The lowest BCUT2D eigenvalue weighted by Gasteiger charge is -2.14. The Morgan fingerprint density at radius 2 is 2.18 bits per heavy atom. The molecule has 0 aliphatic rings. The smallest absolute Gasteiger partial charge is 0.328 e. The molecule has 0 amide bonds. The minimum absolute atomic E-state index is 0.552. The first-order chi connectivity index (χ1) is 8.02. The van der Waals surface area contributed by atoms with E-state index in [9.17, 15) is 9.90 Å². The summed E-state index contributed by atoms with van der Waals surface area (Å²) in [6, 6.07) is -0.552. The van der Waals surface area contributed by atoms with Crippen LogP contribution in [-0.4, -0.2) is 27.9 Å². The molecule has 1 heterocycles. The second-order valence-electron chi connectivity index (χ2n) is 4.27. The molecule has 1 unspecified atom stereocenters. The number of nitrogens with zero attached hydrogens (tertiary/aromatic N) is 2. The van der Waals surface area contributed by atoms with E-state index in [1.165, 1.54) is 0 Å². The molecule has 0 aromatic carbocycles. The van der Waals surface area contributed by atoms with Gasteiger partial charge < -0.3 is 10.4 Å². The van der Waals surface area contributed by atoms with Crippen LogP contribution in [0.5, 0.6) is 0 Å². The second kappa shape index (κ2) is 5.82. The summed E-state index contributed by atoms with van der Waals surface area (Å²) in [6.07, 6.45) is 1.44. The number of carboxylic acid groups (broad SMARTS) is 1. The molecule has 0 aliphatic carbocycles. The molecular formula is C12H21N3O2. The quantitative estimate of drug-likeness (QED) is 0.792. The first-order valence-electron chi connectivity index (χ1n) is 5.94. The van der Waals surface area contributed by atoms with Gasteiger partial charge in [-0.2, -0.15) is 5.10 Å². The van der Waals surface area contributed by atoms with Gasteiger partial charge in [0.25, 0.3) is 0 Å². The van der Waals surface area contributed by atoms with Crippen molar-refractivity contribution in [2.75, 3.05) is 7.05 Å². The van der Waals surface area contributed by atoms with Gasteiger partial charge in [-0.1, -0.05) is 13.3 Å². The number of carbonyl (C=O) groups is 1. The van der Waals surface area contributed by atoms with Crippen LogP contribution < -0.4 is 5.32 Å². The van der Waals surface area contributed by atoms with E-state index < -0.39 is 12.0 Å². The zero-order valence-electron chi connectivity index (χ0n) is 10.9. The van der Waals surface area contributed by atoms with Crippen LogP contribution >= 0.6 is 0 Å². The highest BCUT2D eigenvalue weighted by molar-refractivity contribution is 5.71. The van der Waals surface area contributed by atoms with E-state index in [1.54, 1.807) is 4.68 Å². The maximum absolute atomic E-state index is 11.2. The number of nitrogens with one attached hydrogen (secondary N) is 1. The number of hydrogen-bond acceptors (Lipinski definition) is 3. The van der Waals surface area contributed by atoms with Crippen LogP contribution in [0.3, 0.4) is 0 Å². The van der Waals surface area contributed by atoms with Crippen LogP contribution in [0.2, 0.25) is 0 Å². The summed E-state index contributed by atoms with van der Waals surface area (Å²) in [6.45, 7) is 6.55. The van der Waals surface area contributed by atoms with Crippen LogP contribution in [-0.2, 0) is 11.3 Å². The monoisotopic (exact) mass is 239 g/mol. The van der Waals surface area contributed by atoms with E-state index in [0.29, 0.717) is 6.42 Å². The van der Waals surface area contributed by atoms with Crippen molar-refractivity contribution in [3.8, 4) is 0 Å². The van der Waals surface area contributed by atoms with E-state index in [2.05, 4.69) is 10.4 Å². The standard InChI is InChI=1S/C12H21N3O2/c1-5-6-11(12(16)17)15-9(3)10(7-13-4)8(2)14-15/h11,13H,5-7H2,1-4H3,(H,16,17). The number of aromatic nitrogens is 2. The minimum atomic E-state index is -0.812. The van der Waals surface area contributed by atoms with Crippen molar-refractivity contribution in [1.29, 1.82) is 0 Å². The summed E-state index contributed by atoms with van der Waals surface area (Å²) in [7, 11) is 1.87. The Labute approximate surface area is 102 Å². The highest BCUT2D eigenvalue weighted by atomic mass is 16.4. The Kier molecular flexibility index (Phi) is 4.69. The first-order valence-corrected chi connectivity index (χ1v) is 5.94. The molecule has 0 saturated carbocycles. The van der Waals surface area contributed by atoms with E-state index in [-0.39, 0.29) is 0 Å². The van der Waals surface area contributed by atoms with Crippen molar-refractivity contribution in [3.05, 3.63) is 17.0 Å².